The Hall–Kier alpha value is -11.3. The number of carbonyl (C=O) groups excluding carboxylic acids is 14. The van der Waals surface area contributed by atoms with E-state index in [1.807, 2.05) is 102 Å². The minimum atomic E-state index is -1.98. The molecule has 4 aliphatic heterocycles. The summed E-state index contributed by atoms with van der Waals surface area (Å²) in [5.74, 6) is -34.6. The number of aliphatic carboxylic acids is 3. The van der Waals surface area contributed by atoms with Gasteiger partial charge in [-0.05, 0) is 190 Å². The molecule has 4 heterocycles. The monoisotopic (exact) mass is 2090 g/mol. The van der Waals surface area contributed by atoms with Gasteiger partial charge in [0.2, 0.25) is 35.4 Å². The maximum absolute atomic E-state index is 15.5. The second kappa shape index (κ2) is 68.4. The molecular weight excluding hydrogens is 1920 g/mol. The Morgan fingerprint density at radius 2 is 0.757 bits per heavy atom. The van der Waals surface area contributed by atoms with Crippen molar-refractivity contribution in [3.63, 3.8) is 0 Å². The summed E-state index contributed by atoms with van der Waals surface area (Å²) in [4.78, 5) is 241. The number of benzene rings is 3. The molecule has 0 spiro atoms. The number of carboxylic acids is 3. The van der Waals surface area contributed by atoms with Gasteiger partial charge in [-0.3, -0.25) is 91.3 Å². The molecule has 0 bridgehead atoms. The fourth-order valence-electron chi connectivity index (χ4n) is 18.8. The van der Waals surface area contributed by atoms with Crippen LogP contribution in [0.5, 0.6) is 0 Å². The molecule has 0 radical (unpaired) electrons. The Labute approximate surface area is 870 Å². The van der Waals surface area contributed by atoms with Crippen LogP contribution in [0.1, 0.15) is 209 Å². The van der Waals surface area contributed by atoms with Crippen LogP contribution >= 0.6 is 0 Å². The molecule has 148 heavy (non-hydrogen) atoms. The highest BCUT2D eigenvalue weighted by Gasteiger charge is 2.60. The smallest absolute Gasteiger partial charge is 0.320 e. The van der Waals surface area contributed by atoms with Gasteiger partial charge in [-0.1, -0.05) is 67.7 Å². The fraction of sp³-hybridized carbons (Fsp3) is 0.670. The van der Waals surface area contributed by atoms with E-state index in [2.05, 4.69) is 32.9 Å². The third-order valence-electron chi connectivity index (χ3n) is 27.2. The van der Waals surface area contributed by atoms with E-state index in [0.29, 0.717) is 56.2 Å². The van der Waals surface area contributed by atoms with Gasteiger partial charge >= 0.3 is 47.8 Å². The largest absolute Gasteiger partial charge is 0.481 e. The van der Waals surface area contributed by atoms with Gasteiger partial charge in [0, 0.05) is 178 Å². The van der Waals surface area contributed by atoms with Crippen molar-refractivity contribution < 1.29 is 149 Å². The average Bonchev–Trinajstić information content (AvgIpc) is 1.59. The minimum absolute atomic E-state index is 0.000330. The van der Waals surface area contributed by atoms with Crippen LogP contribution in [0.2, 0.25) is 0 Å². The number of hydrogen-bond donors (Lipinski definition) is 10. The van der Waals surface area contributed by atoms with Crippen molar-refractivity contribution in [3.05, 3.63) is 89.5 Å². The molecule has 0 saturated carbocycles. The number of ether oxygens (including phenoxy) is 10. The third kappa shape index (κ3) is 38.3. The second-order valence-electron chi connectivity index (χ2n) is 37.6. The van der Waals surface area contributed by atoms with Crippen LogP contribution in [0.25, 0.3) is 0 Å². The zero-order chi connectivity index (χ0) is 111. The number of unbranched alkanes of at least 4 members (excludes halogenated alkanes) is 4. The van der Waals surface area contributed by atoms with Crippen LogP contribution in [0, 0.1) is 82.9 Å². The lowest BCUT2D eigenvalue weighted by Gasteiger charge is -2.36. The Morgan fingerprint density at radius 3 is 1.12 bits per heavy atom. The van der Waals surface area contributed by atoms with Crippen LogP contribution in [-0.4, -0.2) is 331 Å². The van der Waals surface area contributed by atoms with Gasteiger partial charge in [-0.25, -0.2) is 0 Å². The number of likely N-dealkylation sites (tertiary alicyclic amines) is 2. The van der Waals surface area contributed by atoms with E-state index in [4.69, 9.17) is 59.2 Å². The molecule has 4 saturated heterocycles. The number of Topliss-reactive ketones (excluding diaryl/α,β-unsaturated/α-hetero) is 1. The summed E-state index contributed by atoms with van der Waals surface area (Å²) in [6.45, 7) is 16.6. The molecule has 7 rings (SSSR count). The normalized spacial score (nSPS) is 20.0. The first-order chi connectivity index (χ1) is 70.4. The zero-order valence-electron chi connectivity index (χ0n) is 90.6. The Kier molecular flexibility index (Phi) is 60.4. The molecule has 12 N–H and O–H groups in total. The van der Waals surface area contributed by atoms with E-state index in [1.165, 1.54) is 55.1 Å². The number of nitrogens with zero attached hydrogens (tertiary/aromatic N) is 5. The summed E-state index contributed by atoms with van der Waals surface area (Å²) in [6.07, 6.45) is -4.71. The first kappa shape index (κ1) is 131. The molecule has 4 aliphatic rings. The summed E-state index contributed by atoms with van der Waals surface area (Å²) in [7, 11) is 20.0. The molecular formula is C106H167N11O31. The molecule has 0 aliphatic carbocycles. The number of amides is 8. The quantitative estimate of drug-likeness (QED) is 0.00647. The second-order valence-corrected chi connectivity index (χ2v) is 37.6. The van der Waals surface area contributed by atoms with E-state index in [-0.39, 0.29) is 95.5 Å². The van der Waals surface area contributed by atoms with Crippen molar-refractivity contribution in [1.82, 2.24) is 31.1 Å². The van der Waals surface area contributed by atoms with Crippen LogP contribution in [-0.2, 0) is 114 Å². The number of methoxy groups -OCH3 is 7. The minimum Gasteiger partial charge on any atom is -0.481 e. The van der Waals surface area contributed by atoms with E-state index < -0.39 is 235 Å². The first-order valence-electron chi connectivity index (χ1n) is 51.2. The number of anilines is 3. The van der Waals surface area contributed by atoms with Gasteiger partial charge in [-0.2, -0.15) is 0 Å². The summed E-state index contributed by atoms with van der Waals surface area (Å²) in [5.41, 5.74) is 14.9. The number of ketones is 1. The van der Waals surface area contributed by atoms with Gasteiger partial charge in [0.15, 0.2) is 5.78 Å². The van der Waals surface area contributed by atoms with E-state index in [9.17, 15) is 72.9 Å². The number of aliphatic hydroxyl groups is 1. The predicted molar refractivity (Wildman–Crippen MR) is 551 cm³/mol. The molecule has 832 valence electrons. The number of esters is 5. The Bertz CT molecular complexity index is 4670. The standard InChI is InChI=1S/C78H116N8O25.C13H20N2O.C9H14O4.C4H11N.C2H6O/c1-16-20-32-81-68(90)61(51(74(97)98)41-58(109-15)64(77(102)110-19-4)52(75(99)100)42-54(105-11)59-43(5)76(101)111-78(59)103)55(106-12)38-48-62(71(93)85(69(48)91)36-21-17-2)56(107-13)39-49-63(72(94)86(70(49)92)37-23-35-80-66(88)45-26-30-47(31-27-45)84(8)9)57(108-14)40-50(73(95)96)60(53(18-3)104-10)67(89)82-34-22-33-79-65(87)44-24-28-46(29-25-44)83(6)7;1-15(2)12-8-6-11(7-9-12)13(16)5-3-4-10-14;1-4-6(12-3)7-5(2)8(10)13-9(7)11;1-2-3-4-5;1-2-3/h24-31,43,48-64H,16-23,32-42H2,1-15H3,(H,79,87)(H,80,88)(H,81,90)(H,82,89)(H,95,96)(H,97,98)(H,99,100);6-9H,3-5,10,14H2,1-2H3;5-7H,4H2,1-3H3;2-5H2,1H3;3H,2H2,1H3. The molecule has 3 aromatic carbocycles. The molecule has 3 aromatic rings. The van der Waals surface area contributed by atoms with Gasteiger partial charge in [0.05, 0.1) is 132 Å². The Morgan fingerprint density at radius 1 is 0.392 bits per heavy atom. The third-order valence-corrected chi connectivity index (χ3v) is 27.2. The summed E-state index contributed by atoms with van der Waals surface area (Å²) in [6, 6.07) is 21.4. The molecule has 0 aromatic heterocycles. The van der Waals surface area contributed by atoms with Gasteiger partial charge in [0.1, 0.15) is 0 Å². The van der Waals surface area contributed by atoms with Crippen LogP contribution < -0.4 is 47.4 Å². The van der Waals surface area contributed by atoms with E-state index in [0.717, 1.165) is 73.1 Å². The number of carbonyl (C=O) groups is 17. The van der Waals surface area contributed by atoms with Gasteiger partial charge in [-0.15, -0.1) is 0 Å². The van der Waals surface area contributed by atoms with E-state index >= 15 is 24.0 Å². The first-order valence-corrected chi connectivity index (χ1v) is 51.2. The number of carboxylic acid groups (broad SMARTS) is 3. The fourth-order valence-corrected chi connectivity index (χ4v) is 18.8. The maximum atomic E-state index is 15.5. The van der Waals surface area contributed by atoms with Crippen LogP contribution in [0.4, 0.5) is 17.1 Å². The van der Waals surface area contributed by atoms with Crippen molar-refractivity contribution in [2.75, 3.05) is 172 Å². The van der Waals surface area contributed by atoms with Crippen LogP contribution in [0.3, 0.4) is 0 Å². The lowest BCUT2D eigenvalue weighted by atomic mass is 9.72. The number of nitrogens with one attached hydrogen (secondary N) is 4. The molecule has 42 heteroatoms. The number of rotatable bonds is 62. The average molecular weight is 2090 g/mol. The SMILES string of the molecule is CCC(OC)C1C(=O)OC(=O)C1C.CCCCN.CCCCNC(=O)C(C(CC1C(=O)N(CCCC)C(=O)C1C(CC1C(=O)N(CCCNC(=O)c2ccc(N(C)C)cc2)C(=O)C1C(CC(C(=O)O)C(C(=O)NCCCNC(=O)c1ccc(N(C)C)cc1)C(CC)OC)OC)OC)OC)C(CC(OC)C(C(=O)OCC)C(CC(OC)C1C(=O)OC(=O)C1C)C(=O)O)C(=O)O.CCO.CN(C)c1ccc(C(=O)CCCCN)cc1. The molecule has 21 unspecified atom stereocenters. The summed E-state index contributed by atoms with van der Waals surface area (Å²) < 4.78 is 55.6. The van der Waals surface area contributed by atoms with E-state index in [1.54, 1.807) is 69.3 Å². The highest BCUT2D eigenvalue weighted by molar-refractivity contribution is 6.07. The highest BCUT2D eigenvalue weighted by Crippen LogP contribution is 2.46. The summed E-state index contributed by atoms with van der Waals surface area (Å²) >= 11 is 0. The lowest BCUT2D eigenvalue weighted by Crippen LogP contribution is -2.50. The molecule has 42 nitrogen and oxygen atoms in total. The summed E-state index contributed by atoms with van der Waals surface area (Å²) in [5, 5.41) is 52.4. The van der Waals surface area contributed by atoms with Gasteiger partial charge in [0.25, 0.3) is 11.8 Å². The topological polar surface area (TPSA) is 580 Å². The lowest BCUT2D eigenvalue weighted by molar-refractivity contribution is -0.169. The number of cyclic esters (lactones) is 4. The maximum Gasteiger partial charge on any atom is 0.320 e. The molecule has 8 amide bonds. The molecule has 21 atom stereocenters. The van der Waals surface area contributed by atoms with Crippen molar-refractivity contribution in [2.45, 2.75) is 221 Å². The number of nitrogens with two attached hydrogens (primary N) is 2. The van der Waals surface area contributed by atoms with Crippen molar-refractivity contribution in [2.24, 2.45) is 94.3 Å². The van der Waals surface area contributed by atoms with Gasteiger partial charge < -0.3 is 115 Å². The zero-order valence-corrected chi connectivity index (χ0v) is 90.6. The van der Waals surface area contributed by atoms with Crippen LogP contribution in [0.15, 0.2) is 72.8 Å². The molecule has 4 fully saturated rings. The highest BCUT2D eigenvalue weighted by atomic mass is 16.6. The number of hydrogen-bond acceptors (Lipinski definition) is 33. The van der Waals surface area contributed by atoms with Crippen molar-refractivity contribution >= 4 is 118 Å². The predicted octanol–water partition coefficient (Wildman–Crippen LogP) is 7.65. The Balaban J connectivity index is 0.00000126. The van der Waals surface area contributed by atoms with Crippen molar-refractivity contribution in [1.29, 1.82) is 0 Å². The number of imide groups is 2. The van der Waals surface area contributed by atoms with Crippen molar-refractivity contribution in [3.8, 4) is 0 Å². The number of aliphatic hydroxyl groups excluding tert-OH is 1.